The fraction of sp³-hybridized carbons (Fsp3) is 0.312. The quantitative estimate of drug-likeness (QED) is 0.887. The van der Waals surface area contributed by atoms with Crippen molar-refractivity contribution >= 4 is 17.4 Å². The van der Waals surface area contributed by atoms with Crippen LogP contribution in [0.3, 0.4) is 0 Å². The highest BCUT2D eigenvalue weighted by Crippen LogP contribution is 2.18. The van der Waals surface area contributed by atoms with Gasteiger partial charge in [0.15, 0.2) is 11.6 Å². The summed E-state index contributed by atoms with van der Waals surface area (Å²) in [5.41, 5.74) is 0.717. The molecule has 2 rings (SSSR count). The maximum atomic E-state index is 13.6. The van der Waals surface area contributed by atoms with E-state index in [1.807, 2.05) is 17.5 Å². The van der Waals surface area contributed by atoms with E-state index in [1.165, 1.54) is 23.0 Å². The number of halogens is 1. The Balaban J connectivity index is 1.81. The van der Waals surface area contributed by atoms with Crippen LogP contribution in [-0.2, 0) is 13.0 Å². The van der Waals surface area contributed by atoms with Crippen molar-refractivity contribution in [2.45, 2.75) is 13.0 Å². The molecular weight excluding hydrogens is 303 g/mol. The van der Waals surface area contributed by atoms with Crippen molar-refractivity contribution in [3.8, 4) is 5.75 Å². The molecule has 0 spiro atoms. The smallest absolute Gasteiger partial charge is 0.317 e. The summed E-state index contributed by atoms with van der Waals surface area (Å²) >= 11 is 1.67. The maximum absolute atomic E-state index is 13.6. The van der Waals surface area contributed by atoms with Gasteiger partial charge in [-0.3, -0.25) is 0 Å². The highest BCUT2D eigenvalue weighted by molar-refractivity contribution is 7.09. The summed E-state index contributed by atoms with van der Waals surface area (Å²) in [7, 11) is 3.11. The summed E-state index contributed by atoms with van der Waals surface area (Å²) in [5, 5.41) is 4.87. The Morgan fingerprint density at radius 2 is 2.23 bits per heavy atom. The molecule has 0 aliphatic rings. The van der Waals surface area contributed by atoms with Gasteiger partial charge in [-0.25, -0.2) is 9.18 Å². The average Bonchev–Trinajstić information content (AvgIpc) is 3.00. The molecule has 1 N–H and O–H groups in total. The number of hydrogen-bond donors (Lipinski definition) is 1. The van der Waals surface area contributed by atoms with Crippen LogP contribution in [0.4, 0.5) is 9.18 Å². The Morgan fingerprint density at radius 3 is 2.86 bits per heavy atom. The van der Waals surface area contributed by atoms with Gasteiger partial charge in [-0.15, -0.1) is 11.3 Å². The summed E-state index contributed by atoms with van der Waals surface area (Å²) in [6.07, 6.45) is 0.814. The number of carbonyl (C=O) groups excluding carboxylic acids is 1. The lowest BCUT2D eigenvalue weighted by Gasteiger charge is -2.18. The minimum atomic E-state index is -0.425. The molecule has 118 valence electrons. The molecule has 0 aliphatic carbocycles. The molecule has 4 nitrogen and oxygen atoms in total. The van der Waals surface area contributed by atoms with E-state index in [0.29, 0.717) is 18.7 Å². The predicted molar refractivity (Wildman–Crippen MR) is 85.8 cm³/mol. The molecule has 0 bridgehead atoms. The van der Waals surface area contributed by atoms with E-state index < -0.39 is 5.82 Å². The molecular formula is C16H19FN2O2S. The lowest BCUT2D eigenvalue weighted by molar-refractivity contribution is 0.207. The van der Waals surface area contributed by atoms with E-state index in [0.717, 1.165) is 6.42 Å². The Labute approximate surface area is 133 Å². The zero-order valence-electron chi connectivity index (χ0n) is 12.6. The zero-order valence-corrected chi connectivity index (χ0v) is 13.5. The highest BCUT2D eigenvalue weighted by atomic mass is 32.1. The lowest BCUT2D eigenvalue weighted by atomic mass is 10.2. The fourth-order valence-electron chi connectivity index (χ4n) is 2.04. The van der Waals surface area contributed by atoms with Crippen molar-refractivity contribution in [1.29, 1.82) is 0 Å². The van der Waals surface area contributed by atoms with Crippen LogP contribution >= 0.6 is 11.3 Å². The highest BCUT2D eigenvalue weighted by Gasteiger charge is 2.10. The molecule has 0 unspecified atom stereocenters. The van der Waals surface area contributed by atoms with Crippen molar-refractivity contribution in [3.05, 3.63) is 52.0 Å². The van der Waals surface area contributed by atoms with Crippen molar-refractivity contribution in [2.75, 3.05) is 20.7 Å². The second-order valence-corrected chi connectivity index (χ2v) is 5.92. The number of nitrogens with zero attached hydrogens (tertiary/aromatic N) is 1. The fourth-order valence-corrected chi connectivity index (χ4v) is 2.75. The van der Waals surface area contributed by atoms with Gasteiger partial charge in [0.05, 0.1) is 7.11 Å². The molecule has 0 aliphatic heterocycles. The van der Waals surface area contributed by atoms with Crippen LogP contribution in [0.15, 0.2) is 35.7 Å². The largest absolute Gasteiger partial charge is 0.494 e. The number of nitrogens with one attached hydrogen (secondary N) is 1. The predicted octanol–water partition coefficient (Wildman–Crippen LogP) is 3.28. The van der Waals surface area contributed by atoms with E-state index >= 15 is 0 Å². The van der Waals surface area contributed by atoms with E-state index in [-0.39, 0.29) is 11.8 Å². The minimum Gasteiger partial charge on any atom is -0.494 e. The Kier molecular flexibility index (Phi) is 5.77. The SMILES string of the molecule is COc1ccc(CN(C)C(=O)NCCc2cccs2)cc1F. The van der Waals surface area contributed by atoms with E-state index in [9.17, 15) is 9.18 Å². The van der Waals surface area contributed by atoms with Crippen LogP contribution in [0.2, 0.25) is 0 Å². The van der Waals surface area contributed by atoms with Crippen LogP contribution in [0.5, 0.6) is 5.75 Å². The molecule has 2 aromatic rings. The van der Waals surface area contributed by atoms with Crippen LogP contribution < -0.4 is 10.1 Å². The number of hydrogen-bond acceptors (Lipinski definition) is 3. The van der Waals surface area contributed by atoms with Crippen molar-refractivity contribution in [2.24, 2.45) is 0 Å². The molecule has 0 radical (unpaired) electrons. The van der Waals surface area contributed by atoms with Gasteiger partial charge in [-0.1, -0.05) is 12.1 Å². The molecule has 0 atom stereocenters. The summed E-state index contributed by atoms with van der Waals surface area (Å²) in [6, 6.07) is 8.55. The Bertz CT molecular complexity index is 617. The third-order valence-electron chi connectivity index (χ3n) is 3.21. The van der Waals surface area contributed by atoms with Gasteiger partial charge in [0.25, 0.3) is 0 Å². The number of urea groups is 1. The second kappa shape index (κ2) is 7.79. The van der Waals surface area contributed by atoms with Gasteiger partial charge >= 0.3 is 6.03 Å². The second-order valence-electron chi connectivity index (χ2n) is 4.89. The number of amides is 2. The number of thiophene rings is 1. The molecule has 1 aromatic carbocycles. The van der Waals surface area contributed by atoms with Gasteiger partial charge in [0.2, 0.25) is 0 Å². The van der Waals surface area contributed by atoms with Gasteiger partial charge in [0.1, 0.15) is 0 Å². The first-order chi connectivity index (χ1) is 10.6. The topological polar surface area (TPSA) is 41.6 Å². The minimum absolute atomic E-state index is 0.173. The van der Waals surface area contributed by atoms with E-state index in [4.69, 9.17) is 4.74 Å². The van der Waals surface area contributed by atoms with E-state index in [1.54, 1.807) is 30.5 Å². The lowest BCUT2D eigenvalue weighted by Crippen LogP contribution is -2.37. The summed E-state index contributed by atoms with van der Waals surface area (Å²) in [4.78, 5) is 14.7. The third-order valence-corrected chi connectivity index (χ3v) is 4.15. The van der Waals surface area contributed by atoms with Gasteiger partial charge in [0, 0.05) is 25.0 Å². The number of methoxy groups -OCH3 is 1. The van der Waals surface area contributed by atoms with Crippen LogP contribution in [-0.4, -0.2) is 31.6 Å². The first-order valence-electron chi connectivity index (χ1n) is 6.94. The Morgan fingerprint density at radius 1 is 1.41 bits per heavy atom. The molecule has 1 aromatic heterocycles. The first-order valence-corrected chi connectivity index (χ1v) is 7.82. The summed E-state index contributed by atoms with van der Waals surface area (Å²) in [5.74, 6) is -0.224. The van der Waals surface area contributed by atoms with Gasteiger partial charge < -0.3 is 15.0 Å². The third kappa shape index (κ3) is 4.46. The normalized spacial score (nSPS) is 10.3. The van der Waals surface area contributed by atoms with Crippen LogP contribution in [0.1, 0.15) is 10.4 Å². The maximum Gasteiger partial charge on any atom is 0.317 e. The standard InChI is InChI=1S/C16H19FN2O2S/c1-19(11-12-5-6-15(21-2)14(17)10-12)16(20)18-8-7-13-4-3-9-22-13/h3-6,9-10H,7-8,11H2,1-2H3,(H,18,20). The molecule has 2 amide bonds. The molecule has 1 heterocycles. The molecule has 6 heteroatoms. The number of rotatable bonds is 6. The first kappa shape index (κ1) is 16.3. The van der Waals surface area contributed by atoms with Gasteiger partial charge in [-0.2, -0.15) is 0 Å². The molecule has 0 saturated heterocycles. The molecule has 22 heavy (non-hydrogen) atoms. The summed E-state index contributed by atoms with van der Waals surface area (Å²) in [6.45, 7) is 0.923. The molecule has 0 fully saturated rings. The number of benzene rings is 1. The van der Waals surface area contributed by atoms with Crippen molar-refractivity contribution in [3.63, 3.8) is 0 Å². The zero-order chi connectivity index (χ0) is 15.9. The summed E-state index contributed by atoms with van der Waals surface area (Å²) < 4.78 is 18.5. The van der Waals surface area contributed by atoms with Crippen LogP contribution in [0.25, 0.3) is 0 Å². The Hall–Kier alpha value is -2.08. The van der Waals surface area contributed by atoms with Crippen molar-refractivity contribution < 1.29 is 13.9 Å². The van der Waals surface area contributed by atoms with E-state index in [2.05, 4.69) is 5.32 Å². The monoisotopic (exact) mass is 322 g/mol. The molecule has 0 saturated carbocycles. The van der Waals surface area contributed by atoms with Crippen molar-refractivity contribution in [1.82, 2.24) is 10.2 Å². The number of ether oxygens (including phenoxy) is 1. The number of carbonyl (C=O) groups is 1. The van der Waals surface area contributed by atoms with Crippen LogP contribution in [0, 0.1) is 5.82 Å². The average molecular weight is 322 g/mol. The van der Waals surface area contributed by atoms with Gasteiger partial charge in [-0.05, 0) is 35.6 Å².